The maximum atomic E-state index is 11.2. The van der Waals surface area contributed by atoms with Crippen LogP contribution in [0.5, 0.6) is 0 Å². The first-order valence-electron chi connectivity index (χ1n) is 9.43. The summed E-state index contributed by atoms with van der Waals surface area (Å²) < 4.78 is 8.47. The number of hydrogen-bond acceptors (Lipinski definition) is 5. The fraction of sp³-hybridized carbons (Fsp3) is 0.130. The van der Waals surface area contributed by atoms with Gasteiger partial charge in [0.15, 0.2) is 0 Å². The standard InChI is InChI=1S/C12H12N2O2.C11H10N2O2/c1-9-13-7-8-14(9)11-5-3-10(4-6-11)12(15)16-2;1-8-12-6-7-13(8)10-4-2-9(3-5-10)11(14)15/h3-8H,1-2H3;2-7H,1H3,(H,14,15). The molecule has 8 nitrogen and oxygen atoms in total. The lowest BCUT2D eigenvalue weighted by Crippen LogP contribution is -2.02. The van der Waals surface area contributed by atoms with Gasteiger partial charge in [-0.05, 0) is 62.4 Å². The van der Waals surface area contributed by atoms with Crippen molar-refractivity contribution in [3.63, 3.8) is 0 Å². The van der Waals surface area contributed by atoms with Crippen LogP contribution < -0.4 is 0 Å². The molecule has 0 spiro atoms. The molecule has 2 aromatic carbocycles. The van der Waals surface area contributed by atoms with Crippen LogP contribution in [0.25, 0.3) is 11.4 Å². The van der Waals surface area contributed by atoms with E-state index < -0.39 is 5.97 Å². The van der Waals surface area contributed by atoms with Crippen LogP contribution in [0.1, 0.15) is 32.4 Å². The Morgan fingerprint density at radius 1 is 0.774 bits per heavy atom. The molecule has 0 fully saturated rings. The Balaban J connectivity index is 0.000000176. The fourth-order valence-electron chi connectivity index (χ4n) is 2.94. The van der Waals surface area contributed by atoms with Gasteiger partial charge in [0, 0.05) is 36.2 Å². The van der Waals surface area contributed by atoms with Crippen LogP contribution in [0.2, 0.25) is 0 Å². The van der Waals surface area contributed by atoms with E-state index in [0.717, 1.165) is 23.0 Å². The highest BCUT2D eigenvalue weighted by Gasteiger charge is 2.06. The fourth-order valence-corrected chi connectivity index (χ4v) is 2.94. The molecule has 2 aromatic heterocycles. The van der Waals surface area contributed by atoms with E-state index in [2.05, 4.69) is 14.7 Å². The molecule has 0 saturated carbocycles. The molecule has 1 N–H and O–H groups in total. The third-order valence-corrected chi connectivity index (χ3v) is 4.61. The first-order chi connectivity index (χ1) is 14.9. The van der Waals surface area contributed by atoms with Crippen molar-refractivity contribution in [2.24, 2.45) is 0 Å². The number of carbonyl (C=O) groups excluding carboxylic acids is 1. The summed E-state index contributed by atoms with van der Waals surface area (Å²) in [5.41, 5.74) is 2.72. The first-order valence-corrected chi connectivity index (χ1v) is 9.43. The number of imidazole rings is 2. The number of hydrogen-bond donors (Lipinski definition) is 1. The van der Waals surface area contributed by atoms with Gasteiger partial charge in [-0.2, -0.15) is 0 Å². The quantitative estimate of drug-likeness (QED) is 0.506. The number of carboxylic acids is 1. The van der Waals surface area contributed by atoms with Crippen molar-refractivity contribution in [1.29, 1.82) is 0 Å². The van der Waals surface area contributed by atoms with Gasteiger partial charge in [-0.15, -0.1) is 0 Å². The number of carbonyl (C=O) groups is 2. The van der Waals surface area contributed by atoms with Gasteiger partial charge in [-0.1, -0.05) is 0 Å². The number of aromatic nitrogens is 4. The number of aromatic carboxylic acids is 1. The second-order valence-electron chi connectivity index (χ2n) is 6.58. The number of methoxy groups -OCH3 is 1. The van der Waals surface area contributed by atoms with Crippen molar-refractivity contribution < 1.29 is 19.4 Å². The number of carboxylic acid groups (broad SMARTS) is 1. The first kappa shape index (κ1) is 21.5. The molecule has 0 unspecified atom stereocenters. The topological polar surface area (TPSA) is 99.2 Å². The Hall–Kier alpha value is -4.20. The second kappa shape index (κ2) is 9.53. The molecule has 0 atom stereocenters. The van der Waals surface area contributed by atoms with Crippen LogP contribution in [0.15, 0.2) is 73.3 Å². The zero-order chi connectivity index (χ0) is 22.4. The van der Waals surface area contributed by atoms with Crippen LogP contribution in [0.3, 0.4) is 0 Å². The second-order valence-corrected chi connectivity index (χ2v) is 6.58. The number of esters is 1. The number of rotatable bonds is 4. The van der Waals surface area contributed by atoms with E-state index >= 15 is 0 Å². The predicted octanol–water partition coefficient (Wildman–Crippen LogP) is 3.85. The molecule has 4 aromatic rings. The van der Waals surface area contributed by atoms with Gasteiger partial charge in [0.2, 0.25) is 0 Å². The summed E-state index contributed by atoms with van der Waals surface area (Å²) in [6.45, 7) is 3.82. The highest BCUT2D eigenvalue weighted by Crippen LogP contribution is 2.13. The van der Waals surface area contributed by atoms with E-state index in [1.54, 1.807) is 48.8 Å². The lowest BCUT2D eigenvalue weighted by Gasteiger charge is -2.05. The summed E-state index contributed by atoms with van der Waals surface area (Å²) >= 11 is 0. The highest BCUT2D eigenvalue weighted by molar-refractivity contribution is 5.89. The van der Waals surface area contributed by atoms with Crippen LogP contribution in [-0.4, -0.2) is 43.3 Å². The molecule has 2 heterocycles. The van der Waals surface area contributed by atoms with Crippen LogP contribution in [0, 0.1) is 13.8 Å². The van der Waals surface area contributed by atoms with Crippen molar-refractivity contribution in [3.05, 3.63) is 96.1 Å². The minimum absolute atomic E-state index is 0.288. The Morgan fingerprint density at radius 2 is 1.19 bits per heavy atom. The van der Waals surface area contributed by atoms with Crippen molar-refractivity contribution in [3.8, 4) is 11.4 Å². The molecule has 0 bridgehead atoms. The van der Waals surface area contributed by atoms with E-state index in [1.165, 1.54) is 7.11 Å². The summed E-state index contributed by atoms with van der Waals surface area (Å²) in [5, 5.41) is 8.74. The Labute approximate surface area is 179 Å². The third kappa shape index (κ3) is 5.05. The molecule has 158 valence electrons. The van der Waals surface area contributed by atoms with Gasteiger partial charge in [-0.3, -0.25) is 0 Å². The zero-order valence-corrected chi connectivity index (χ0v) is 17.4. The molecule has 0 aliphatic carbocycles. The monoisotopic (exact) mass is 418 g/mol. The minimum atomic E-state index is -0.913. The Morgan fingerprint density at radius 3 is 1.52 bits per heavy atom. The summed E-state index contributed by atoms with van der Waals surface area (Å²) in [5.74, 6) is 0.543. The maximum Gasteiger partial charge on any atom is 0.337 e. The largest absolute Gasteiger partial charge is 0.478 e. The van der Waals surface area contributed by atoms with Crippen molar-refractivity contribution in [1.82, 2.24) is 19.1 Å². The molecular formula is C23H22N4O4. The van der Waals surface area contributed by atoms with Crippen molar-refractivity contribution in [2.75, 3.05) is 7.11 Å². The molecule has 0 aliphatic heterocycles. The smallest absolute Gasteiger partial charge is 0.337 e. The summed E-state index contributed by atoms with van der Waals surface area (Å²) in [6.07, 6.45) is 7.16. The molecular weight excluding hydrogens is 396 g/mol. The van der Waals surface area contributed by atoms with Crippen LogP contribution >= 0.6 is 0 Å². The Kier molecular flexibility index (Phi) is 6.61. The molecule has 4 rings (SSSR count). The van der Waals surface area contributed by atoms with Gasteiger partial charge >= 0.3 is 11.9 Å². The predicted molar refractivity (Wildman–Crippen MR) is 115 cm³/mol. The number of ether oxygens (including phenoxy) is 1. The van der Waals surface area contributed by atoms with Gasteiger partial charge in [-0.25, -0.2) is 19.6 Å². The van der Waals surface area contributed by atoms with E-state index in [0.29, 0.717) is 5.56 Å². The maximum absolute atomic E-state index is 11.2. The zero-order valence-electron chi connectivity index (χ0n) is 17.4. The molecule has 0 radical (unpaired) electrons. The number of nitrogens with zero attached hydrogens (tertiary/aromatic N) is 4. The molecule has 8 heteroatoms. The molecule has 0 saturated heterocycles. The lowest BCUT2D eigenvalue weighted by atomic mass is 10.2. The van der Waals surface area contributed by atoms with Crippen molar-refractivity contribution in [2.45, 2.75) is 13.8 Å². The van der Waals surface area contributed by atoms with Crippen molar-refractivity contribution >= 4 is 11.9 Å². The number of benzene rings is 2. The van der Waals surface area contributed by atoms with Gasteiger partial charge in [0.25, 0.3) is 0 Å². The summed E-state index contributed by atoms with van der Waals surface area (Å²) in [4.78, 5) is 30.1. The molecule has 31 heavy (non-hydrogen) atoms. The third-order valence-electron chi connectivity index (χ3n) is 4.61. The van der Waals surface area contributed by atoms with Gasteiger partial charge < -0.3 is 19.0 Å². The van der Waals surface area contributed by atoms with Crippen LogP contribution in [0.4, 0.5) is 0 Å². The highest BCUT2D eigenvalue weighted by atomic mass is 16.5. The molecule has 0 amide bonds. The van der Waals surface area contributed by atoms with E-state index in [1.807, 2.05) is 47.5 Å². The van der Waals surface area contributed by atoms with E-state index in [9.17, 15) is 9.59 Å². The van der Waals surface area contributed by atoms with E-state index in [-0.39, 0.29) is 11.5 Å². The SMILES string of the molecule is COC(=O)c1ccc(-n2ccnc2C)cc1.Cc1nccn1-c1ccc(C(=O)O)cc1. The average molecular weight is 418 g/mol. The minimum Gasteiger partial charge on any atom is -0.478 e. The van der Waals surface area contributed by atoms with Gasteiger partial charge in [0.1, 0.15) is 11.6 Å². The van der Waals surface area contributed by atoms with E-state index in [4.69, 9.17) is 5.11 Å². The number of aryl methyl sites for hydroxylation is 2. The lowest BCUT2D eigenvalue weighted by molar-refractivity contribution is 0.0599. The molecule has 0 aliphatic rings. The van der Waals surface area contributed by atoms with Gasteiger partial charge in [0.05, 0.1) is 18.2 Å². The Bertz CT molecular complexity index is 1180. The van der Waals surface area contributed by atoms with Crippen LogP contribution in [-0.2, 0) is 4.74 Å². The summed E-state index contributed by atoms with van der Waals surface area (Å²) in [6, 6.07) is 13.9. The summed E-state index contributed by atoms with van der Waals surface area (Å²) in [7, 11) is 1.37. The average Bonchev–Trinajstić information content (AvgIpc) is 3.41. The normalized spacial score (nSPS) is 10.2.